The zero-order valence-corrected chi connectivity index (χ0v) is 14.5. The van der Waals surface area contributed by atoms with Gasteiger partial charge in [-0.2, -0.15) is 0 Å². The van der Waals surface area contributed by atoms with E-state index in [4.69, 9.17) is 4.74 Å². The second-order valence-corrected chi connectivity index (χ2v) is 5.97. The number of nitrogens with one attached hydrogen (secondary N) is 2. The zero-order valence-electron chi connectivity index (χ0n) is 14.5. The number of amides is 3. The summed E-state index contributed by atoms with van der Waals surface area (Å²) in [5.41, 5.74) is 1.83. The van der Waals surface area contributed by atoms with Gasteiger partial charge < -0.3 is 25.2 Å². The first-order valence-corrected chi connectivity index (χ1v) is 8.34. The summed E-state index contributed by atoms with van der Waals surface area (Å²) in [6.45, 7) is 8.87. The average molecular weight is 334 g/mol. The van der Waals surface area contributed by atoms with E-state index in [9.17, 15) is 9.59 Å². The van der Waals surface area contributed by atoms with Crippen LogP contribution in [0.3, 0.4) is 0 Å². The second kappa shape index (κ2) is 8.42. The quantitative estimate of drug-likeness (QED) is 0.887. The van der Waals surface area contributed by atoms with E-state index < -0.39 is 0 Å². The van der Waals surface area contributed by atoms with Gasteiger partial charge in [0.1, 0.15) is 0 Å². The van der Waals surface area contributed by atoms with Crippen molar-refractivity contribution in [3.63, 3.8) is 0 Å². The number of anilines is 2. The molecule has 1 saturated heterocycles. The highest BCUT2D eigenvalue weighted by molar-refractivity contribution is 5.89. The lowest BCUT2D eigenvalue weighted by molar-refractivity contribution is 0.105. The van der Waals surface area contributed by atoms with Gasteiger partial charge in [-0.3, -0.25) is 0 Å². The van der Waals surface area contributed by atoms with Gasteiger partial charge in [0.05, 0.1) is 6.61 Å². The molecule has 1 aliphatic rings. The number of hydrogen-bond acceptors (Lipinski definition) is 4. The molecule has 0 aliphatic carbocycles. The molecule has 2 rings (SSSR count). The summed E-state index contributed by atoms with van der Waals surface area (Å²) in [6, 6.07) is 7.61. The van der Waals surface area contributed by atoms with Crippen LogP contribution in [-0.2, 0) is 4.74 Å². The first kappa shape index (κ1) is 17.9. The summed E-state index contributed by atoms with van der Waals surface area (Å²) < 4.78 is 5.02. The summed E-state index contributed by atoms with van der Waals surface area (Å²) in [4.78, 5) is 27.3. The monoisotopic (exact) mass is 334 g/mol. The van der Waals surface area contributed by atoms with Crippen molar-refractivity contribution in [2.24, 2.45) is 0 Å². The molecular formula is C17H26N4O3. The Bertz CT molecular complexity index is 551. The summed E-state index contributed by atoms with van der Waals surface area (Å²) in [6.07, 6.45) is -0.243. The summed E-state index contributed by atoms with van der Waals surface area (Å²) in [7, 11) is 0. The maximum atomic E-state index is 11.7. The topological polar surface area (TPSA) is 73.9 Å². The Morgan fingerprint density at radius 2 is 1.75 bits per heavy atom. The van der Waals surface area contributed by atoms with E-state index in [0.717, 1.165) is 24.5 Å². The van der Waals surface area contributed by atoms with Crippen molar-refractivity contribution in [1.82, 2.24) is 10.2 Å². The van der Waals surface area contributed by atoms with Crippen LogP contribution >= 0.6 is 0 Å². The van der Waals surface area contributed by atoms with Crippen LogP contribution in [0, 0.1) is 0 Å². The van der Waals surface area contributed by atoms with Gasteiger partial charge in [0, 0.05) is 43.6 Å². The molecular weight excluding hydrogens is 308 g/mol. The number of ether oxygens (including phenoxy) is 1. The summed E-state index contributed by atoms with van der Waals surface area (Å²) in [5, 5.41) is 5.59. The van der Waals surface area contributed by atoms with Crippen molar-refractivity contribution in [3.8, 4) is 0 Å². The number of carbonyl (C=O) groups is 2. The van der Waals surface area contributed by atoms with Gasteiger partial charge in [-0.1, -0.05) is 0 Å². The average Bonchev–Trinajstić information content (AvgIpc) is 2.55. The molecule has 24 heavy (non-hydrogen) atoms. The Kier molecular flexibility index (Phi) is 6.28. The van der Waals surface area contributed by atoms with Gasteiger partial charge in [-0.05, 0) is 45.0 Å². The molecule has 0 spiro atoms. The third-order valence-corrected chi connectivity index (χ3v) is 3.72. The molecule has 0 saturated carbocycles. The van der Waals surface area contributed by atoms with Crippen LogP contribution in [0.15, 0.2) is 24.3 Å². The van der Waals surface area contributed by atoms with Crippen molar-refractivity contribution in [1.29, 1.82) is 0 Å². The Labute approximate surface area is 142 Å². The van der Waals surface area contributed by atoms with Crippen LogP contribution in [0.25, 0.3) is 0 Å². The third-order valence-electron chi connectivity index (χ3n) is 3.72. The lowest BCUT2D eigenvalue weighted by Crippen LogP contribution is -2.49. The van der Waals surface area contributed by atoms with Crippen molar-refractivity contribution in [2.45, 2.75) is 26.8 Å². The van der Waals surface area contributed by atoms with Crippen LogP contribution < -0.4 is 15.5 Å². The van der Waals surface area contributed by atoms with E-state index in [0.29, 0.717) is 19.7 Å². The van der Waals surface area contributed by atoms with Crippen molar-refractivity contribution < 1.29 is 14.3 Å². The predicted molar refractivity (Wildman–Crippen MR) is 94.5 cm³/mol. The standard InChI is InChI=1S/C17H26N4O3/c1-4-24-17(23)21-11-9-20(10-12-21)15-7-5-14(6-8-15)19-16(22)18-13(2)3/h5-8,13H,4,9-12H2,1-3H3,(H2,18,19,22). The Balaban J connectivity index is 1.86. The SMILES string of the molecule is CCOC(=O)N1CCN(c2ccc(NC(=O)NC(C)C)cc2)CC1. The van der Waals surface area contributed by atoms with Crippen LogP contribution in [0.1, 0.15) is 20.8 Å². The second-order valence-electron chi connectivity index (χ2n) is 5.97. The Hall–Kier alpha value is -2.44. The number of carbonyl (C=O) groups excluding carboxylic acids is 2. The van der Waals surface area contributed by atoms with Crippen LogP contribution in [0.2, 0.25) is 0 Å². The van der Waals surface area contributed by atoms with E-state index >= 15 is 0 Å². The highest BCUT2D eigenvalue weighted by Crippen LogP contribution is 2.19. The van der Waals surface area contributed by atoms with E-state index in [1.807, 2.05) is 45.0 Å². The molecule has 0 atom stereocenters. The minimum atomic E-state index is -0.243. The maximum absolute atomic E-state index is 11.7. The number of benzene rings is 1. The Morgan fingerprint density at radius 1 is 1.12 bits per heavy atom. The lowest BCUT2D eigenvalue weighted by Gasteiger charge is -2.35. The van der Waals surface area contributed by atoms with Crippen LogP contribution in [-0.4, -0.2) is 55.9 Å². The number of hydrogen-bond donors (Lipinski definition) is 2. The smallest absolute Gasteiger partial charge is 0.409 e. The third kappa shape index (κ3) is 5.04. The number of nitrogens with zero attached hydrogens (tertiary/aromatic N) is 2. The molecule has 1 heterocycles. The molecule has 7 nitrogen and oxygen atoms in total. The molecule has 1 aliphatic heterocycles. The summed E-state index contributed by atoms with van der Waals surface area (Å²) >= 11 is 0. The normalized spacial score (nSPS) is 14.5. The van der Waals surface area contributed by atoms with Gasteiger partial charge in [0.15, 0.2) is 0 Å². The minimum Gasteiger partial charge on any atom is -0.450 e. The van der Waals surface area contributed by atoms with E-state index in [1.54, 1.807) is 4.90 Å². The first-order chi connectivity index (χ1) is 11.5. The van der Waals surface area contributed by atoms with Crippen molar-refractivity contribution in [2.75, 3.05) is 43.0 Å². The highest BCUT2D eigenvalue weighted by Gasteiger charge is 2.21. The molecule has 2 N–H and O–H groups in total. The van der Waals surface area contributed by atoms with Gasteiger partial charge in [0.2, 0.25) is 0 Å². The Morgan fingerprint density at radius 3 is 2.29 bits per heavy atom. The van der Waals surface area contributed by atoms with E-state index in [-0.39, 0.29) is 18.2 Å². The van der Waals surface area contributed by atoms with E-state index in [2.05, 4.69) is 15.5 Å². The van der Waals surface area contributed by atoms with Crippen LogP contribution in [0.5, 0.6) is 0 Å². The molecule has 1 aromatic rings. The minimum absolute atomic E-state index is 0.0972. The first-order valence-electron chi connectivity index (χ1n) is 8.34. The fourth-order valence-corrected chi connectivity index (χ4v) is 2.55. The molecule has 7 heteroatoms. The van der Waals surface area contributed by atoms with E-state index in [1.165, 1.54) is 0 Å². The molecule has 0 aromatic heterocycles. The van der Waals surface area contributed by atoms with Crippen molar-refractivity contribution >= 4 is 23.5 Å². The fourth-order valence-electron chi connectivity index (χ4n) is 2.55. The van der Waals surface area contributed by atoms with Crippen molar-refractivity contribution in [3.05, 3.63) is 24.3 Å². The number of piperazine rings is 1. The maximum Gasteiger partial charge on any atom is 0.409 e. The fraction of sp³-hybridized carbons (Fsp3) is 0.529. The highest BCUT2D eigenvalue weighted by atomic mass is 16.6. The molecule has 1 aromatic carbocycles. The summed E-state index contributed by atoms with van der Waals surface area (Å²) in [5.74, 6) is 0. The lowest BCUT2D eigenvalue weighted by atomic mass is 10.2. The molecule has 3 amide bonds. The molecule has 1 fully saturated rings. The largest absolute Gasteiger partial charge is 0.450 e. The zero-order chi connectivity index (χ0) is 17.5. The predicted octanol–water partition coefficient (Wildman–Crippen LogP) is 2.50. The number of rotatable bonds is 4. The van der Waals surface area contributed by atoms with Gasteiger partial charge in [-0.15, -0.1) is 0 Å². The van der Waals surface area contributed by atoms with Gasteiger partial charge in [0.25, 0.3) is 0 Å². The van der Waals surface area contributed by atoms with Gasteiger partial charge >= 0.3 is 12.1 Å². The number of urea groups is 1. The van der Waals surface area contributed by atoms with Crippen LogP contribution in [0.4, 0.5) is 21.0 Å². The van der Waals surface area contributed by atoms with Gasteiger partial charge in [-0.25, -0.2) is 9.59 Å². The molecule has 0 bridgehead atoms. The molecule has 132 valence electrons. The molecule has 0 radical (unpaired) electrons. The molecule has 0 unspecified atom stereocenters.